The van der Waals surface area contributed by atoms with Crippen LogP contribution in [0.25, 0.3) is 0 Å². The lowest BCUT2D eigenvalue weighted by molar-refractivity contribution is -0.136. The predicted molar refractivity (Wildman–Crippen MR) is 70.2 cm³/mol. The second-order valence-electron chi connectivity index (χ2n) is 4.60. The molecule has 0 atom stereocenters. The molecular formula is C11H18N4OS. The largest absolute Gasteiger partial charge is 0.392 e. The third-order valence-corrected chi connectivity index (χ3v) is 3.31. The first-order valence-corrected chi connectivity index (χ1v) is 5.69. The summed E-state index contributed by atoms with van der Waals surface area (Å²) in [7, 11) is 3.61. The van der Waals surface area contributed by atoms with E-state index in [9.17, 15) is 4.79 Å². The van der Waals surface area contributed by atoms with E-state index in [4.69, 9.17) is 18.0 Å². The molecule has 1 aromatic rings. The van der Waals surface area contributed by atoms with Crippen molar-refractivity contribution in [3.8, 4) is 0 Å². The summed E-state index contributed by atoms with van der Waals surface area (Å²) >= 11 is 4.91. The lowest BCUT2D eigenvalue weighted by Crippen LogP contribution is -2.45. The van der Waals surface area contributed by atoms with Crippen molar-refractivity contribution in [3.63, 3.8) is 0 Å². The van der Waals surface area contributed by atoms with E-state index in [1.165, 1.54) is 0 Å². The molecule has 0 saturated heterocycles. The van der Waals surface area contributed by atoms with Gasteiger partial charge in [-0.1, -0.05) is 12.2 Å². The number of amides is 1. The van der Waals surface area contributed by atoms with E-state index in [0.29, 0.717) is 6.54 Å². The van der Waals surface area contributed by atoms with Crippen molar-refractivity contribution in [2.75, 3.05) is 7.05 Å². The molecule has 1 rings (SSSR count). The molecule has 1 heterocycles. The minimum absolute atomic E-state index is 0.104. The van der Waals surface area contributed by atoms with Crippen LogP contribution in [0.4, 0.5) is 0 Å². The maximum absolute atomic E-state index is 12.2. The van der Waals surface area contributed by atoms with Gasteiger partial charge in [0.15, 0.2) is 0 Å². The van der Waals surface area contributed by atoms with Crippen LogP contribution in [-0.2, 0) is 18.4 Å². The Kier molecular flexibility index (Phi) is 3.87. The van der Waals surface area contributed by atoms with Crippen molar-refractivity contribution in [1.82, 2.24) is 14.5 Å². The average molecular weight is 254 g/mol. The number of aryl methyl sites for hydroxylation is 1. The quantitative estimate of drug-likeness (QED) is 0.803. The summed E-state index contributed by atoms with van der Waals surface area (Å²) in [6.45, 7) is 3.90. The number of nitrogens with zero attached hydrogens (tertiary/aromatic N) is 3. The molecule has 0 radical (unpaired) electrons. The van der Waals surface area contributed by atoms with Gasteiger partial charge in [0.2, 0.25) is 5.91 Å². The van der Waals surface area contributed by atoms with E-state index in [-0.39, 0.29) is 10.9 Å². The molecule has 0 fully saturated rings. The second-order valence-corrected chi connectivity index (χ2v) is 5.04. The molecule has 6 heteroatoms. The van der Waals surface area contributed by atoms with Crippen LogP contribution in [0.5, 0.6) is 0 Å². The number of nitrogens with two attached hydrogens (primary N) is 1. The summed E-state index contributed by atoms with van der Waals surface area (Å²) in [6.07, 6.45) is 3.54. The predicted octanol–water partition coefficient (Wildman–Crippen LogP) is 0.691. The molecule has 0 aliphatic heterocycles. The van der Waals surface area contributed by atoms with Crippen molar-refractivity contribution >= 4 is 23.1 Å². The topological polar surface area (TPSA) is 64.2 Å². The van der Waals surface area contributed by atoms with Gasteiger partial charge in [0.1, 0.15) is 5.82 Å². The fourth-order valence-electron chi connectivity index (χ4n) is 1.42. The van der Waals surface area contributed by atoms with Gasteiger partial charge < -0.3 is 15.2 Å². The number of aromatic nitrogens is 2. The summed E-state index contributed by atoms with van der Waals surface area (Å²) < 4.78 is 1.87. The fraction of sp³-hybridized carbons (Fsp3) is 0.545. The highest BCUT2D eigenvalue weighted by Crippen LogP contribution is 2.19. The summed E-state index contributed by atoms with van der Waals surface area (Å²) in [5, 5.41) is 0. The normalized spacial score (nSPS) is 11.3. The molecule has 0 spiro atoms. The van der Waals surface area contributed by atoms with Gasteiger partial charge in [0, 0.05) is 26.5 Å². The van der Waals surface area contributed by atoms with Crippen LogP contribution in [0, 0.1) is 5.41 Å². The Morgan fingerprint density at radius 2 is 2.24 bits per heavy atom. The van der Waals surface area contributed by atoms with E-state index in [0.717, 1.165) is 5.82 Å². The molecule has 0 unspecified atom stereocenters. The Labute approximate surface area is 107 Å². The number of hydrogen-bond acceptors (Lipinski definition) is 3. The average Bonchev–Trinajstić information content (AvgIpc) is 2.63. The van der Waals surface area contributed by atoms with Gasteiger partial charge in [-0.2, -0.15) is 0 Å². The highest BCUT2D eigenvalue weighted by molar-refractivity contribution is 7.80. The van der Waals surface area contributed by atoms with E-state index < -0.39 is 5.41 Å². The van der Waals surface area contributed by atoms with Crippen molar-refractivity contribution in [3.05, 3.63) is 18.2 Å². The first-order valence-electron chi connectivity index (χ1n) is 5.28. The Hall–Kier alpha value is -1.43. The maximum Gasteiger partial charge on any atom is 0.235 e. The van der Waals surface area contributed by atoms with Crippen LogP contribution in [0.1, 0.15) is 19.7 Å². The third kappa shape index (κ3) is 2.82. The number of imidazole rings is 1. The van der Waals surface area contributed by atoms with Crippen LogP contribution < -0.4 is 5.73 Å². The lowest BCUT2D eigenvalue weighted by Gasteiger charge is -2.28. The third-order valence-electron chi connectivity index (χ3n) is 2.80. The van der Waals surface area contributed by atoms with Gasteiger partial charge in [-0.3, -0.25) is 4.79 Å². The standard InChI is InChI=1S/C11H18N4OS/c1-11(2,9(12)17)10(16)15(4)7-8-13-5-6-14(8)3/h5-6H,7H2,1-4H3,(H2,12,17). The summed E-state index contributed by atoms with van der Waals surface area (Å²) in [6, 6.07) is 0. The molecule has 0 aromatic carbocycles. The lowest BCUT2D eigenvalue weighted by atomic mass is 9.92. The highest BCUT2D eigenvalue weighted by Gasteiger charge is 2.33. The number of carbonyl (C=O) groups is 1. The van der Waals surface area contributed by atoms with E-state index in [2.05, 4.69) is 4.98 Å². The summed E-state index contributed by atoms with van der Waals surface area (Å²) in [5.74, 6) is 0.715. The molecule has 0 aliphatic rings. The zero-order valence-corrected chi connectivity index (χ0v) is 11.4. The second kappa shape index (κ2) is 4.83. The molecule has 0 bridgehead atoms. The van der Waals surface area contributed by atoms with Crippen LogP contribution in [0.3, 0.4) is 0 Å². The monoisotopic (exact) mass is 254 g/mol. The smallest absolute Gasteiger partial charge is 0.235 e. The van der Waals surface area contributed by atoms with E-state index in [1.54, 1.807) is 32.0 Å². The first kappa shape index (κ1) is 13.6. The van der Waals surface area contributed by atoms with Crippen molar-refractivity contribution in [2.45, 2.75) is 20.4 Å². The number of thiocarbonyl (C=S) groups is 1. The van der Waals surface area contributed by atoms with Gasteiger partial charge in [-0.15, -0.1) is 0 Å². The van der Waals surface area contributed by atoms with Crippen molar-refractivity contribution < 1.29 is 4.79 Å². The Morgan fingerprint density at radius 3 is 2.65 bits per heavy atom. The molecule has 17 heavy (non-hydrogen) atoms. The number of hydrogen-bond donors (Lipinski definition) is 1. The molecule has 94 valence electrons. The highest BCUT2D eigenvalue weighted by atomic mass is 32.1. The number of carbonyl (C=O) groups excluding carboxylic acids is 1. The first-order chi connectivity index (χ1) is 7.76. The van der Waals surface area contributed by atoms with Gasteiger partial charge in [0.25, 0.3) is 0 Å². The van der Waals surface area contributed by atoms with Crippen LogP contribution in [0.2, 0.25) is 0 Å². The summed E-state index contributed by atoms with van der Waals surface area (Å²) in [4.78, 5) is 18.1. The zero-order valence-electron chi connectivity index (χ0n) is 10.6. The Balaban J connectivity index is 2.78. The maximum atomic E-state index is 12.2. The van der Waals surface area contributed by atoms with Crippen LogP contribution in [-0.4, -0.2) is 32.4 Å². The molecule has 5 nitrogen and oxygen atoms in total. The van der Waals surface area contributed by atoms with Gasteiger partial charge >= 0.3 is 0 Å². The fourth-order valence-corrected chi connectivity index (χ4v) is 1.50. The molecule has 1 amide bonds. The van der Waals surface area contributed by atoms with Gasteiger partial charge in [0.05, 0.1) is 16.9 Å². The molecular weight excluding hydrogens is 236 g/mol. The molecule has 0 saturated carbocycles. The van der Waals surface area contributed by atoms with Gasteiger partial charge in [-0.25, -0.2) is 4.98 Å². The van der Waals surface area contributed by atoms with Crippen molar-refractivity contribution in [1.29, 1.82) is 0 Å². The van der Waals surface area contributed by atoms with Gasteiger partial charge in [-0.05, 0) is 13.8 Å². The molecule has 1 aromatic heterocycles. The van der Waals surface area contributed by atoms with Crippen molar-refractivity contribution in [2.24, 2.45) is 18.2 Å². The molecule has 0 aliphatic carbocycles. The van der Waals surface area contributed by atoms with Crippen LogP contribution >= 0.6 is 12.2 Å². The Morgan fingerprint density at radius 1 is 1.65 bits per heavy atom. The Bertz CT molecular complexity index is 438. The van der Waals surface area contributed by atoms with Crippen LogP contribution in [0.15, 0.2) is 12.4 Å². The zero-order chi connectivity index (χ0) is 13.2. The van der Waals surface area contributed by atoms with E-state index >= 15 is 0 Å². The number of rotatable bonds is 4. The summed E-state index contributed by atoms with van der Waals surface area (Å²) in [5.41, 5.74) is 4.75. The SMILES string of the molecule is CN(Cc1nccn1C)C(=O)C(C)(C)C(N)=S. The minimum atomic E-state index is -0.824. The van der Waals surface area contributed by atoms with E-state index in [1.807, 2.05) is 17.8 Å². The molecule has 2 N–H and O–H groups in total. The minimum Gasteiger partial charge on any atom is -0.392 e.